The first-order chi connectivity index (χ1) is 8.40. The Balaban J connectivity index is 3.07. The minimum absolute atomic E-state index is 0.0194. The van der Waals surface area contributed by atoms with Crippen molar-refractivity contribution in [2.75, 3.05) is 0 Å². The maximum atomic E-state index is 13.1. The number of halogens is 1. The van der Waals surface area contributed by atoms with Crippen molar-refractivity contribution in [3.63, 3.8) is 0 Å². The fourth-order valence-corrected chi connectivity index (χ4v) is 2.54. The van der Waals surface area contributed by atoms with Gasteiger partial charge in [-0.15, -0.1) is 0 Å². The fourth-order valence-electron chi connectivity index (χ4n) is 1.27. The second-order valence-electron chi connectivity index (χ2n) is 3.64. The second kappa shape index (κ2) is 5.58. The summed E-state index contributed by atoms with van der Waals surface area (Å²) in [7, 11) is -3.85. The summed E-state index contributed by atoms with van der Waals surface area (Å²) in [5.41, 5.74) is -0.342. The molecule has 94 valence electrons. The lowest BCUT2D eigenvalue weighted by Gasteiger charge is -2.11. The van der Waals surface area contributed by atoms with Crippen molar-refractivity contribution in [3.05, 3.63) is 29.6 Å². The number of nitrogens with one attached hydrogen (secondary N) is 1. The van der Waals surface area contributed by atoms with Crippen LogP contribution in [-0.2, 0) is 10.0 Å². The summed E-state index contributed by atoms with van der Waals surface area (Å²) in [4.78, 5) is -0.203. The van der Waals surface area contributed by atoms with Crippen LogP contribution in [0.3, 0.4) is 0 Å². The third kappa shape index (κ3) is 3.27. The summed E-state index contributed by atoms with van der Waals surface area (Å²) in [6, 6.07) is 5.78. The molecule has 0 aliphatic carbocycles. The molecule has 18 heavy (non-hydrogen) atoms. The lowest BCUT2D eigenvalue weighted by molar-refractivity contribution is 0.562. The molecule has 0 saturated carbocycles. The number of rotatable bonds is 4. The van der Waals surface area contributed by atoms with Crippen LogP contribution in [0.1, 0.15) is 18.9 Å². The first kappa shape index (κ1) is 14.1. The van der Waals surface area contributed by atoms with Crippen LogP contribution < -0.4 is 4.72 Å². The molecule has 0 fully saturated rings. The Bertz CT molecular complexity index is 629. The van der Waals surface area contributed by atoms with Crippen molar-refractivity contribution >= 4 is 10.0 Å². The minimum atomic E-state index is -3.85. The van der Waals surface area contributed by atoms with E-state index in [2.05, 4.69) is 4.72 Å². The molecule has 1 unspecified atom stereocenters. The zero-order valence-corrected chi connectivity index (χ0v) is 10.3. The Hall–Kier alpha value is -1.96. The summed E-state index contributed by atoms with van der Waals surface area (Å²) < 4.78 is 39.0. The third-order valence-corrected chi connectivity index (χ3v) is 3.71. The number of benzene rings is 1. The largest absolute Gasteiger partial charge is 0.240 e. The molecule has 0 saturated heterocycles. The highest BCUT2D eigenvalue weighted by molar-refractivity contribution is 7.89. The van der Waals surface area contributed by atoms with Gasteiger partial charge in [0.25, 0.3) is 0 Å². The molecule has 0 aliphatic heterocycles. The Morgan fingerprint density at radius 2 is 2.11 bits per heavy atom. The molecule has 0 amide bonds. The average molecular weight is 267 g/mol. The second-order valence-corrected chi connectivity index (χ2v) is 5.35. The van der Waals surface area contributed by atoms with Gasteiger partial charge in [0, 0.05) is 6.04 Å². The molecule has 0 aliphatic rings. The van der Waals surface area contributed by atoms with E-state index in [-0.39, 0.29) is 16.9 Å². The molecule has 5 nitrogen and oxygen atoms in total. The van der Waals surface area contributed by atoms with Gasteiger partial charge in [0.2, 0.25) is 10.0 Å². The highest BCUT2D eigenvalue weighted by Gasteiger charge is 2.18. The lowest BCUT2D eigenvalue weighted by atomic mass is 10.2. The van der Waals surface area contributed by atoms with E-state index in [9.17, 15) is 12.8 Å². The summed E-state index contributed by atoms with van der Waals surface area (Å²) in [6.07, 6.45) is 0.0194. The van der Waals surface area contributed by atoms with Crippen LogP contribution in [0.15, 0.2) is 23.1 Å². The molecule has 0 bridgehead atoms. The minimum Gasteiger partial charge on any atom is -0.207 e. The normalized spacial score (nSPS) is 12.4. The Morgan fingerprint density at radius 3 is 2.67 bits per heavy atom. The Labute approximate surface area is 105 Å². The van der Waals surface area contributed by atoms with Crippen LogP contribution in [0.5, 0.6) is 0 Å². The number of hydrogen-bond acceptors (Lipinski definition) is 4. The van der Waals surface area contributed by atoms with E-state index in [1.54, 1.807) is 6.07 Å². The molecular formula is C11H10FN3O2S. The smallest absolute Gasteiger partial charge is 0.207 e. The molecule has 1 atom stereocenters. The van der Waals surface area contributed by atoms with Crippen LogP contribution in [0.25, 0.3) is 0 Å². The van der Waals surface area contributed by atoms with Crippen LogP contribution in [0.4, 0.5) is 4.39 Å². The Kier molecular flexibility index (Phi) is 4.38. The van der Waals surface area contributed by atoms with E-state index in [0.717, 1.165) is 18.2 Å². The van der Waals surface area contributed by atoms with E-state index in [1.807, 2.05) is 6.07 Å². The number of nitriles is 2. The van der Waals surface area contributed by atoms with E-state index < -0.39 is 21.9 Å². The first-order valence-corrected chi connectivity index (χ1v) is 6.48. The van der Waals surface area contributed by atoms with Crippen molar-refractivity contribution in [2.45, 2.75) is 24.3 Å². The summed E-state index contributed by atoms with van der Waals surface area (Å²) >= 11 is 0. The summed E-state index contributed by atoms with van der Waals surface area (Å²) in [6.45, 7) is 1.54. The zero-order valence-electron chi connectivity index (χ0n) is 9.51. The van der Waals surface area contributed by atoms with Crippen molar-refractivity contribution in [3.8, 4) is 12.1 Å². The zero-order chi connectivity index (χ0) is 13.8. The molecule has 1 N–H and O–H groups in total. The number of hydrogen-bond donors (Lipinski definition) is 1. The van der Waals surface area contributed by atoms with Gasteiger partial charge in [-0.1, -0.05) is 0 Å². The fraction of sp³-hybridized carbons (Fsp3) is 0.273. The van der Waals surface area contributed by atoms with Gasteiger partial charge in [-0.25, -0.2) is 17.5 Å². The molecule has 0 spiro atoms. The van der Waals surface area contributed by atoms with Crippen molar-refractivity contribution in [2.24, 2.45) is 0 Å². The predicted molar refractivity (Wildman–Crippen MR) is 61.1 cm³/mol. The third-order valence-electron chi connectivity index (χ3n) is 2.12. The molecule has 1 aromatic rings. The molecule has 0 radical (unpaired) electrons. The Morgan fingerprint density at radius 1 is 1.44 bits per heavy atom. The van der Waals surface area contributed by atoms with Gasteiger partial charge in [0.05, 0.1) is 22.9 Å². The summed E-state index contributed by atoms with van der Waals surface area (Å²) in [5.74, 6) is -0.776. The number of nitrogens with zero attached hydrogens (tertiary/aromatic N) is 2. The van der Waals surface area contributed by atoms with Gasteiger partial charge in [0.15, 0.2) is 0 Å². The molecule has 0 aromatic heterocycles. The van der Waals surface area contributed by atoms with Gasteiger partial charge in [-0.2, -0.15) is 10.5 Å². The van der Waals surface area contributed by atoms with Crippen molar-refractivity contribution in [1.29, 1.82) is 10.5 Å². The van der Waals surface area contributed by atoms with Crippen LogP contribution >= 0.6 is 0 Å². The first-order valence-electron chi connectivity index (χ1n) is 4.99. The van der Waals surface area contributed by atoms with E-state index in [0.29, 0.717) is 0 Å². The standard InChI is InChI=1S/C11H10FN3O2S/c1-8(4-5-13)15-18(16,17)10-2-3-11(12)9(6-10)7-14/h2-3,6,8,15H,4H2,1H3. The average Bonchev–Trinajstić information content (AvgIpc) is 2.28. The molecule has 0 heterocycles. The van der Waals surface area contributed by atoms with Crippen LogP contribution in [0, 0.1) is 28.5 Å². The molecular weight excluding hydrogens is 257 g/mol. The topological polar surface area (TPSA) is 93.8 Å². The van der Waals surface area contributed by atoms with Gasteiger partial charge in [-0.3, -0.25) is 0 Å². The SMILES string of the molecule is CC(CC#N)NS(=O)(=O)c1ccc(F)c(C#N)c1. The molecule has 7 heteroatoms. The highest BCUT2D eigenvalue weighted by Crippen LogP contribution is 2.14. The van der Waals surface area contributed by atoms with E-state index in [1.165, 1.54) is 6.92 Å². The quantitative estimate of drug-likeness (QED) is 0.889. The van der Waals surface area contributed by atoms with Crippen molar-refractivity contribution in [1.82, 2.24) is 4.72 Å². The number of sulfonamides is 1. The van der Waals surface area contributed by atoms with Gasteiger partial charge in [0.1, 0.15) is 11.9 Å². The predicted octanol–water partition coefficient (Wildman–Crippen LogP) is 1.28. The van der Waals surface area contributed by atoms with Gasteiger partial charge in [-0.05, 0) is 25.1 Å². The monoisotopic (exact) mass is 267 g/mol. The van der Waals surface area contributed by atoms with Crippen LogP contribution in [-0.4, -0.2) is 14.5 Å². The van der Waals surface area contributed by atoms with Crippen molar-refractivity contribution < 1.29 is 12.8 Å². The molecule has 1 aromatic carbocycles. The van der Waals surface area contributed by atoms with E-state index >= 15 is 0 Å². The maximum Gasteiger partial charge on any atom is 0.240 e. The van der Waals surface area contributed by atoms with Gasteiger partial charge < -0.3 is 0 Å². The van der Waals surface area contributed by atoms with E-state index in [4.69, 9.17) is 10.5 Å². The highest BCUT2D eigenvalue weighted by atomic mass is 32.2. The lowest BCUT2D eigenvalue weighted by Crippen LogP contribution is -2.32. The molecule has 1 rings (SSSR count). The van der Waals surface area contributed by atoms with Gasteiger partial charge >= 0.3 is 0 Å². The summed E-state index contributed by atoms with van der Waals surface area (Å²) in [5, 5.41) is 17.1. The maximum absolute atomic E-state index is 13.1. The van der Waals surface area contributed by atoms with Crippen LogP contribution in [0.2, 0.25) is 0 Å².